The Morgan fingerprint density at radius 3 is 3.00 bits per heavy atom. The number of hydrogen-bond donors (Lipinski definition) is 3. The molecule has 98 valence electrons. The Morgan fingerprint density at radius 1 is 1.61 bits per heavy atom. The van der Waals surface area contributed by atoms with Gasteiger partial charge in [0.2, 0.25) is 11.8 Å². The molecule has 1 aliphatic heterocycles. The molecule has 0 aromatic rings. The van der Waals surface area contributed by atoms with Gasteiger partial charge >= 0.3 is 0 Å². The van der Waals surface area contributed by atoms with Crippen LogP contribution in [-0.2, 0) is 9.59 Å². The molecule has 0 radical (unpaired) electrons. The molecule has 1 saturated carbocycles. The number of carbonyl (C=O) groups is 2. The highest BCUT2D eigenvalue weighted by molar-refractivity contribution is 7.80. The number of amides is 2. The lowest BCUT2D eigenvalue weighted by Crippen LogP contribution is -2.55. The number of nitrogens with two attached hydrogens (primary N) is 1. The number of hydrogen-bond acceptors (Lipinski definition) is 4. The van der Waals surface area contributed by atoms with E-state index in [4.69, 9.17) is 18.0 Å². The average molecular weight is 268 g/mol. The van der Waals surface area contributed by atoms with E-state index in [2.05, 4.69) is 15.8 Å². The van der Waals surface area contributed by atoms with E-state index in [-0.39, 0.29) is 28.3 Å². The van der Waals surface area contributed by atoms with Crippen LogP contribution in [0, 0.1) is 11.3 Å². The zero-order valence-electron chi connectivity index (χ0n) is 10.2. The van der Waals surface area contributed by atoms with Crippen molar-refractivity contribution < 1.29 is 9.59 Å². The van der Waals surface area contributed by atoms with Gasteiger partial charge in [-0.15, -0.1) is 0 Å². The number of carbonyl (C=O) groups excluding carboxylic acids is 2. The number of imide groups is 1. The number of nitrogens with one attached hydrogen (secondary N) is 2. The highest BCUT2D eigenvalue weighted by atomic mass is 32.1. The van der Waals surface area contributed by atoms with Gasteiger partial charge in [-0.2, -0.15) is 5.10 Å². The van der Waals surface area contributed by atoms with E-state index in [9.17, 15) is 9.59 Å². The number of fused-ring (bicyclic) bond motifs is 1. The Balaban J connectivity index is 2.28. The number of rotatable bonds is 1. The van der Waals surface area contributed by atoms with Gasteiger partial charge in [0.1, 0.15) is 0 Å². The highest BCUT2D eigenvalue weighted by Crippen LogP contribution is 2.44. The summed E-state index contributed by atoms with van der Waals surface area (Å²) in [6, 6.07) is 0. The van der Waals surface area contributed by atoms with Gasteiger partial charge in [-0.05, 0) is 36.9 Å². The zero-order valence-corrected chi connectivity index (χ0v) is 11.0. The first-order valence-electron chi connectivity index (χ1n) is 5.88. The van der Waals surface area contributed by atoms with Crippen molar-refractivity contribution >= 4 is 34.9 Å². The Morgan fingerprint density at radius 2 is 2.33 bits per heavy atom. The monoisotopic (exact) mass is 268 g/mol. The molecule has 2 aliphatic rings. The number of thiocarbonyl (C=S) groups is 1. The van der Waals surface area contributed by atoms with Crippen molar-refractivity contribution in [2.24, 2.45) is 22.2 Å². The summed E-state index contributed by atoms with van der Waals surface area (Å²) in [5.74, 6) is -0.843. The van der Waals surface area contributed by atoms with Crippen LogP contribution in [0.1, 0.15) is 32.6 Å². The molecular formula is C11H16N4O2S. The van der Waals surface area contributed by atoms with Crippen LogP contribution in [-0.4, -0.2) is 22.6 Å². The molecular weight excluding hydrogens is 252 g/mol. The van der Waals surface area contributed by atoms with Crippen molar-refractivity contribution in [1.82, 2.24) is 10.7 Å². The Bertz CT molecular complexity index is 448. The van der Waals surface area contributed by atoms with E-state index in [0.717, 1.165) is 25.0 Å². The molecule has 18 heavy (non-hydrogen) atoms. The fourth-order valence-corrected chi connectivity index (χ4v) is 2.94. The van der Waals surface area contributed by atoms with Gasteiger partial charge in [0.15, 0.2) is 5.11 Å². The smallest absolute Gasteiger partial charge is 0.235 e. The lowest BCUT2D eigenvalue weighted by molar-refractivity contribution is -0.140. The van der Waals surface area contributed by atoms with E-state index in [0.29, 0.717) is 6.42 Å². The normalized spacial score (nSPS) is 33.8. The van der Waals surface area contributed by atoms with Gasteiger partial charge in [-0.3, -0.25) is 20.3 Å². The van der Waals surface area contributed by atoms with Crippen LogP contribution in [0.5, 0.6) is 0 Å². The molecule has 2 fully saturated rings. The largest absolute Gasteiger partial charge is 0.375 e. The highest BCUT2D eigenvalue weighted by Gasteiger charge is 2.49. The van der Waals surface area contributed by atoms with Crippen LogP contribution in [0.3, 0.4) is 0 Å². The van der Waals surface area contributed by atoms with Crippen molar-refractivity contribution in [3.63, 3.8) is 0 Å². The van der Waals surface area contributed by atoms with Crippen LogP contribution in [0.2, 0.25) is 0 Å². The summed E-state index contributed by atoms with van der Waals surface area (Å²) in [6.07, 6.45) is 2.83. The minimum absolute atomic E-state index is 0.0714. The molecule has 4 N–H and O–H groups in total. The Kier molecular flexibility index (Phi) is 3.34. The minimum atomic E-state index is -0.370. The summed E-state index contributed by atoms with van der Waals surface area (Å²) in [5.41, 5.74) is 8.24. The molecule has 1 saturated heterocycles. The maximum Gasteiger partial charge on any atom is 0.235 e. The van der Waals surface area contributed by atoms with Crippen LogP contribution in [0.15, 0.2) is 5.10 Å². The summed E-state index contributed by atoms with van der Waals surface area (Å²) in [4.78, 5) is 23.5. The first kappa shape index (κ1) is 12.9. The second-order valence-corrected chi connectivity index (χ2v) is 5.55. The van der Waals surface area contributed by atoms with Crippen molar-refractivity contribution in [3.05, 3.63) is 0 Å². The van der Waals surface area contributed by atoms with E-state index < -0.39 is 0 Å². The quantitative estimate of drug-likeness (QED) is 0.354. The van der Waals surface area contributed by atoms with E-state index in [1.54, 1.807) is 0 Å². The van der Waals surface area contributed by atoms with Crippen molar-refractivity contribution in [2.45, 2.75) is 32.6 Å². The SMILES string of the molecule is CC12CCC/C(=N\NC(N)=S)C1C(=O)NC(=O)C2. The molecule has 2 unspecified atom stereocenters. The molecule has 1 heterocycles. The third-order valence-corrected chi connectivity index (χ3v) is 3.70. The topological polar surface area (TPSA) is 96.6 Å². The lowest BCUT2D eigenvalue weighted by atomic mass is 9.62. The Labute approximate surface area is 110 Å². The maximum atomic E-state index is 12.0. The van der Waals surface area contributed by atoms with Crippen molar-refractivity contribution in [2.75, 3.05) is 0 Å². The van der Waals surface area contributed by atoms with Crippen LogP contribution >= 0.6 is 12.2 Å². The Hall–Kier alpha value is -1.50. The van der Waals surface area contributed by atoms with Gasteiger partial charge in [0, 0.05) is 6.42 Å². The van der Waals surface area contributed by atoms with Crippen LogP contribution < -0.4 is 16.5 Å². The van der Waals surface area contributed by atoms with Crippen LogP contribution in [0.4, 0.5) is 0 Å². The molecule has 2 amide bonds. The minimum Gasteiger partial charge on any atom is -0.375 e. The molecule has 6 nitrogen and oxygen atoms in total. The van der Waals surface area contributed by atoms with Gasteiger partial charge in [-0.25, -0.2) is 0 Å². The molecule has 7 heteroatoms. The van der Waals surface area contributed by atoms with E-state index in [1.165, 1.54) is 0 Å². The molecule has 2 atom stereocenters. The van der Waals surface area contributed by atoms with E-state index in [1.807, 2.05) is 6.92 Å². The van der Waals surface area contributed by atoms with E-state index >= 15 is 0 Å². The molecule has 0 aromatic carbocycles. The summed E-state index contributed by atoms with van der Waals surface area (Å²) >= 11 is 4.69. The molecule has 1 aliphatic carbocycles. The second kappa shape index (κ2) is 4.64. The first-order chi connectivity index (χ1) is 8.42. The standard InChI is InChI=1S/C11H16N4O2S/c1-11-4-2-3-6(14-15-10(12)18)8(11)9(17)13-7(16)5-11/h8H,2-5H2,1H3,(H3,12,15,18)(H,13,16,17)/b14-6+. The van der Waals surface area contributed by atoms with Gasteiger partial charge in [0.25, 0.3) is 0 Å². The number of nitrogens with zero attached hydrogens (tertiary/aromatic N) is 1. The third kappa shape index (κ3) is 2.35. The van der Waals surface area contributed by atoms with Crippen molar-refractivity contribution in [1.29, 1.82) is 0 Å². The molecule has 2 rings (SSSR count). The first-order valence-corrected chi connectivity index (χ1v) is 6.29. The summed E-state index contributed by atoms with van der Waals surface area (Å²) in [7, 11) is 0. The summed E-state index contributed by atoms with van der Waals surface area (Å²) < 4.78 is 0. The third-order valence-electron chi connectivity index (χ3n) is 3.61. The van der Waals surface area contributed by atoms with Crippen LogP contribution in [0.25, 0.3) is 0 Å². The maximum absolute atomic E-state index is 12.0. The molecule has 0 aromatic heterocycles. The predicted molar refractivity (Wildman–Crippen MR) is 70.6 cm³/mol. The average Bonchev–Trinajstić information content (AvgIpc) is 2.23. The second-order valence-electron chi connectivity index (χ2n) is 5.11. The number of piperidine rings is 1. The predicted octanol–water partition coefficient (Wildman–Crippen LogP) is 0.0285. The zero-order chi connectivity index (χ0) is 13.3. The lowest BCUT2D eigenvalue weighted by Gasteiger charge is -2.43. The summed E-state index contributed by atoms with van der Waals surface area (Å²) in [6.45, 7) is 1.96. The fraction of sp³-hybridized carbons (Fsp3) is 0.636. The number of hydrazone groups is 1. The molecule has 0 bridgehead atoms. The summed E-state index contributed by atoms with van der Waals surface area (Å²) in [5, 5.41) is 6.56. The van der Waals surface area contributed by atoms with Gasteiger partial charge in [0.05, 0.1) is 11.6 Å². The van der Waals surface area contributed by atoms with Gasteiger partial charge < -0.3 is 5.73 Å². The fourth-order valence-electron chi connectivity index (χ4n) is 2.89. The van der Waals surface area contributed by atoms with Gasteiger partial charge in [-0.1, -0.05) is 6.92 Å². The van der Waals surface area contributed by atoms with Crippen molar-refractivity contribution in [3.8, 4) is 0 Å². The molecule has 0 spiro atoms.